The van der Waals surface area contributed by atoms with Gasteiger partial charge in [0.25, 0.3) is 0 Å². The number of fused-ring (bicyclic) bond motifs is 2. The Morgan fingerprint density at radius 1 is 1.25 bits per heavy atom. The van der Waals surface area contributed by atoms with Crippen molar-refractivity contribution in [3.63, 3.8) is 0 Å². The summed E-state index contributed by atoms with van der Waals surface area (Å²) in [6, 6.07) is 0. The second kappa shape index (κ2) is 4.47. The lowest BCUT2D eigenvalue weighted by Crippen LogP contribution is -2.55. The minimum Gasteiger partial charge on any atom is -0.369 e. The molecule has 3 rings (SSSR count). The Morgan fingerprint density at radius 3 is 3.00 bits per heavy atom. The molecule has 3 aliphatic rings. The van der Waals surface area contributed by atoms with Crippen molar-refractivity contribution in [3.05, 3.63) is 0 Å². The number of ether oxygens (including phenoxy) is 1. The Balaban J connectivity index is 1.79. The van der Waals surface area contributed by atoms with E-state index in [9.17, 15) is 0 Å². The van der Waals surface area contributed by atoms with Gasteiger partial charge < -0.3 is 10.1 Å². The van der Waals surface area contributed by atoms with Crippen LogP contribution in [0.15, 0.2) is 0 Å². The molecule has 2 heterocycles. The topological polar surface area (TPSA) is 21.3 Å². The van der Waals surface area contributed by atoms with Gasteiger partial charge in [-0.3, -0.25) is 0 Å². The molecule has 1 aliphatic carbocycles. The molecule has 3 fully saturated rings. The van der Waals surface area contributed by atoms with Crippen molar-refractivity contribution in [1.82, 2.24) is 5.32 Å². The van der Waals surface area contributed by atoms with E-state index in [0.29, 0.717) is 17.9 Å². The predicted molar refractivity (Wildman–Crippen MR) is 65.9 cm³/mol. The molecule has 0 aromatic heterocycles. The molecule has 92 valence electrons. The molecule has 1 N–H and O–H groups in total. The van der Waals surface area contributed by atoms with Gasteiger partial charge in [-0.15, -0.1) is 11.6 Å². The summed E-state index contributed by atoms with van der Waals surface area (Å²) in [6.07, 6.45) is 8.35. The van der Waals surface area contributed by atoms with Crippen LogP contribution in [0.3, 0.4) is 0 Å². The first-order valence-corrected chi connectivity index (χ1v) is 7.32. The van der Waals surface area contributed by atoms with Crippen LogP contribution >= 0.6 is 11.6 Å². The Bertz CT molecular complexity index is 256. The zero-order valence-electron chi connectivity index (χ0n) is 9.88. The Labute approximate surface area is 103 Å². The number of morpholine rings is 1. The van der Waals surface area contributed by atoms with Crippen LogP contribution in [-0.4, -0.2) is 30.7 Å². The second-order valence-electron chi connectivity index (χ2n) is 5.78. The molecule has 2 bridgehead atoms. The van der Waals surface area contributed by atoms with Crippen LogP contribution in [0.5, 0.6) is 0 Å². The van der Waals surface area contributed by atoms with Crippen molar-refractivity contribution in [2.45, 2.75) is 50.2 Å². The zero-order chi connectivity index (χ0) is 11.0. The number of rotatable bonds is 2. The van der Waals surface area contributed by atoms with Crippen LogP contribution in [0.1, 0.15) is 38.5 Å². The smallest absolute Gasteiger partial charge is 0.0842 e. The monoisotopic (exact) mass is 243 g/mol. The van der Waals surface area contributed by atoms with Gasteiger partial charge in [0.2, 0.25) is 0 Å². The van der Waals surface area contributed by atoms with Crippen LogP contribution < -0.4 is 5.32 Å². The third-order valence-electron chi connectivity index (χ3n) is 4.87. The lowest BCUT2D eigenvalue weighted by Gasteiger charge is -2.45. The van der Waals surface area contributed by atoms with Gasteiger partial charge in [0.05, 0.1) is 11.7 Å². The van der Waals surface area contributed by atoms with Crippen molar-refractivity contribution in [2.24, 2.45) is 11.8 Å². The maximum Gasteiger partial charge on any atom is 0.0842 e. The molecule has 16 heavy (non-hydrogen) atoms. The largest absolute Gasteiger partial charge is 0.369 e. The fourth-order valence-corrected chi connectivity index (χ4v) is 4.43. The molecule has 0 aromatic carbocycles. The average Bonchev–Trinajstić information content (AvgIpc) is 2.66. The van der Waals surface area contributed by atoms with E-state index in [2.05, 4.69) is 5.32 Å². The van der Waals surface area contributed by atoms with Crippen molar-refractivity contribution in [2.75, 3.05) is 19.0 Å². The summed E-state index contributed by atoms with van der Waals surface area (Å²) in [5.74, 6) is 2.21. The SMILES string of the molecule is ClCC1CCCCC1[C@@]12CC[C@H](CNC1)O2. The first-order chi connectivity index (χ1) is 7.84. The minimum absolute atomic E-state index is 0.142. The highest BCUT2D eigenvalue weighted by Gasteiger charge is 2.50. The zero-order valence-corrected chi connectivity index (χ0v) is 10.6. The van der Waals surface area contributed by atoms with Gasteiger partial charge in [0, 0.05) is 19.0 Å². The molecular weight excluding hydrogens is 222 g/mol. The predicted octanol–water partition coefficient (Wildman–Crippen LogP) is 2.55. The number of alkyl halides is 1. The molecule has 4 atom stereocenters. The molecular formula is C13H22ClNO. The third-order valence-corrected chi connectivity index (χ3v) is 5.27. The standard InChI is InChI=1S/C13H22ClNO/c14-7-10-3-1-2-4-12(10)13-6-5-11(16-13)8-15-9-13/h10-12,15H,1-9H2/t10?,11-,12?,13-/m1/s1. The van der Waals surface area contributed by atoms with Crippen molar-refractivity contribution < 1.29 is 4.74 Å². The average molecular weight is 244 g/mol. The molecule has 2 saturated heterocycles. The quantitative estimate of drug-likeness (QED) is 0.753. The summed E-state index contributed by atoms with van der Waals surface area (Å²) in [7, 11) is 0. The van der Waals surface area contributed by atoms with E-state index in [1.54, 1.807) is 0 Å². The normalized spacial score (nSPS) is 48.2. The van der Waals surface area contributed by atoms with Gasteiger partial charge in [0.15, 0.2) is 0 Å². The van der Waals surface area contributed by atoms with E-state index in [1.807, 2.05) is 0 Å². The Kier molecular flexibility index (Phi) is 3.16. The molecule has 2 unspecified atom stereocenters. The Morgan fingerprint density at radius 2 is 2.12 bits per heavy atom. The first-order valence-electron chi connectivity index (χ1n) is 6.78. The van der Waals surface area contributed by atoms with Gasteiger partial charge in [-0.25, -0.2) is 0 Å². The molecule has 1 saturated carbocycles. The fourth-order valence-electron chi connectivity index (χ4n) is 4.06. The summed E-state index contributed by atoms with van der Waals surface area (Å²) in [5.41, 5.74) is 0.142. The highest BCUT2D eigenvalue weighted by atomic mass is 35.5. The lowest BCUT2D eigenvalue weighted by molar-refractivity contribution is -0.119. The van der Waals surface area contributed by atoms with Crippen molar-refractivity contribution in [1.29, 1.82) is 0 Å². The van der Waals surface area contributed by atoms with Crippen LogP contribution in [0.25, 0.3) is 0 Å². The number of hydrogen-bond acceptors (Lipinski definition) is 2. The highest BCUT2D eigenvalue weighted by molar-refractivity contribution is 6.18. The van der Waals surface area contributed by atoms with Gasteiger partial charge in [-0.2, -0.15) is 0 Å². The molecule has 0 spiro atoms. The molecule has 3 heteroatoms. The summed E-state index contributed by atoms with van der Waals surface area (Å²) in [6.45, 7) is 2.11. The molecule has 0 aromatic rings. The lowest BCUT2D eigenvalue weighted by atomic mass is 9.69. The maximum atomic E-state index is 6.34. The van der Waals surface area contributed by atoms with E-state index in [4.69, 9.17) is 16.3 Å². The van der Waals surface area contributed by atoms with E-state index in [-0.39, 0.29) is 5.60 Å². The van der Waals surface area contributed by atoms with Crippen LogP contribution in [-0.2, 0) is 4.74 Å². The first kappa shape index (κ1) is 11.3. The van der Waals surface area contributed by atoms with Gasteiger partial charge in [-0.1, -0.05) is 12.8 Å². The van der Waals surface area contributed by atoms with Crippen molar-refractivity contribution in [3.8, 4) is 0 Å². The third kappa shape index (κ3) is 1.79. The van der Waals surface area contributed by atoms with Crippen molar-refractivity contribution >= 4 is 11.6 Å². The summed E-state index contributed by atoms with van der Waals surface area (Å²) in [4.78, 5) is 0. The fraction of sp³-hybridized carbons (Fsp3) is 1.00. The van der Waals surface area contributed by atoms with E-state index >= 15 is 0 Å². The van der Waals surface area contributed by atoms with E-state index in [1.165, 1.54) is 38.5 Å². The number of hydrogen-bond donors (Lipinski definition) is 1. The summed E-state index contributed by atoms with van der Waals surface area (Å²) < 4.78 is 6.34. The van der Waals surface area contributed by atoms with Crippen LogP contribution in [0.4, 0.5) is 0 Å². The summed E-state index contributed by atoms with van der Waals surface area (Å²) in [5, 5.41) is 3.56. The minimum atomic E-state index is 0.142. The molecule has 0 radical (unpaired) electrons. The number of halogens is 1. The van der Waals surface area contributed by atoms with Gasteiger partial charge in [0.1, 0.15) is 0 Å². The second-order valence-corrected chi connectivity index (χ2v) is 6.09. The molecule has 0 amide bonds. The molecule has 2 nitrogen and oxygen atoms in total. The van der Waals surface area contributed by atoms with Crippen LogP contribution in [0, 0.1) is 11.8 Å². The van der Waals surface area contributed by atoms with Crippen LogP contribution in [0.2, 0.25) is 0 Å². The van der Waals surface area contributed by atoms with E-state index in [0.717, 1.165) is 19.0 Å². The number of nitrogens with one attached hydrogen (secondary N) is 1. The van der Waals surface area contributed by atoms with E-state index < -0.39 is 0 Å². The van der Waals surface area contributed by atoms with Gasteiger partial charge in [-0.05, 0) is 37.5 Å². The highest BCUT2D eigenvalue weighted by Crippen LogP contribution is 2.47. The molecule has 2 aliphatic heterocycles. The summed E-state index contributed by atoms with van der Waals surface area (Å²) >= 11 is 6.15. The maximum absolute atomic E-state index is 6.34. The van der Waals surface area contributed by atoms with Gasteiger partial charge >= 0.3 is 0 Å². The Hall–Kier alpha value is 0.210.